The van der Waals surface area contributed by atoms with Gasteiger partial charge in [-0.2, -0.15) is 0 Å². The van der Waals surface area contributed by atoms with Crippen molar-refractivity contribution in [3.63, 3.8) is 0 Å². The average molecular weight is 353 g/mol. The summed E-state index contributed by atoms with van der Waals surface area (Å²) in [6.07, 6.45) is 0. The van der Waals surface area contributed by atoms with Crippen LogP contribution in [0.1, 0.15) is 6.92 Å². The number of ether oxygens (including phenoxy) is 1. The molecule has 0 aliphatic carbocycles. The summed E-state index contributed by atoms with van der Waals surface area (Å²) in [6.45, 7) is 1.39. The number of methoxy groups -OCH3 is 1. The van der Waals surface area contributed by atoms with E-state index >= 15 is 0 Å². The van der Waals surface area contributed by atoms with Gasteiger partial charge in [0.15, 0.2) is 4.34 Å². The quantitative estimate of drug-likeness (QED) is 0.678. The number of nitrogens with one attached hydrogen (secondary N) is 2. The zero-order valence-electron chi connectivity index (χ0n) is 12.5. The molecule has 4 N–H and O–H groups in total. The molecule has 1 aromatic heterocycles. The summed E-state index contributed by atoms with van der Waals surface area (Å²) in [7, 11) is 1.52. The zero-order chi connectivity index (χ0) is 16.8. The Hall–Kier alpha value is -2.33. The van der Waals surface area contributed by atoms with E-state index < -0.39 is 0 Å². The molecule has 2 aromatic rings. The van der Waals surface area contributed by atoms with E-state index in [4.69, 9.17) is 10.5 Å². The highest BCUT2D eigenvalue weighted by atomic mass is 32.2. The van der Waals surface area contributed by atoms with Gasteiger partial charge in [0.1, 0.15) is 5.75 Å². The van der Waals surface area contributed by atoms with Gasteiger partial charge < -0.3 is 21.1 Å². The molecule has 1 heterocycles. The van der Waals surface area contributed by atoms with Crippen molar-refractivity contribution in [2.75, 3.05) is 29.2 Å². The zero-order valence-corrected chi connectivity index (χ0v) is 14.1. The van der Waals surface area contributed by atoms with Crippen LogP contribution in [0.25, 0.3) is 0 Å². The van der Waals surface area contributed by atoms with Crippen LogP contribution in [0.4, 0.5) is 16.5 Å². The highest BCUT2D eigenvalue weighted by Gasteiger charge is 2.11. The highest BCUT2D eigenvalue weighted by Crippen LogP contribution is 2.28. The van der Waals surface area contributed by atoms with Crippen LogP contribution in [0.15, 0.2) is 22.5 Å². The molecule has 122 valence electrons. The molecule has 0 saturated heterocycles. The van der Waals surface area contributed by atoms with Crippen LogP contribution < -0.4 is 21.1 Å². The smallest absolute Gasteiger partial charge is 0.234 e. The summed E-state index contributed by atoms with van der Waals surface area (Å²) < 4.78 is 5.74. The third kappa shape index (κ3) is 5.11. The van der Waals surface area contributed by atoms with Crippen LogP contribution >= 0.6 is 23.1 Å². The van der Waals surface area contributed by atoms with Crippen LogP contribution in [-0.4, -0.2) is 34.9 Å². The third-order valence-electron chi connectivity index (χ3n) is 2.56. The van der Waals surface area contributed by atoms with Crippen molar-refractivity contribution in [1.29, 1.82) is 0 Å². The number of aromatic nitrogens is 2. The maximum absolute atomic E-state index is 12.1. The second kappa shape index (κ2) is 7.79. The van der Waals surface area contributed by atoms with E-state index in [1.54, 1.807) is 18.2 Å². The molecule has 0 saturated carbocycles. The maximum Gasteiger partial charge on any atom is 0.234 e. The van der Waals surface area contributed by atoms with Gasteiger partial charge in [0, 0.05) is 13.0 Å². The summed E-state index contributed by atoms with van der Waals surface area (Å²) in [4.78, 5) is 23.3. The van der Waals surface area contributed by atoms with Crippen molar-refractivity contribution in [2.45, 2.75) is 11.3 Å². The first kappa shape index (κ1) is 17.0. The van der Waals surface area contributed by atoms with E-state index in [9.17, 15) is 9.59 Å². The van der Waals surface area contributed by atoms with Crippen LogP contribution in [0.3, 0.4) is 0 Å². The van der Waals surface area contributed by atoms with Crippen molar-refractivity contribution >= 4 is 51.4 Å². The van der Waals surface area contributed by atoms with Crippen LogP contribution in [0, 0.1) is 0 Å². The molecule has 8 nitrogen and oxygen atoms in total. The lowest BCUT2D eigenvalue weighted by atomic mass is 10.2. The molecule has 0 spiro atoms. The van der Waals surface area contributed by atoms with E-state index in [2.05, 4.69) is 20.8 Å². The molecule has 1 aromatic carbocycles. The SMILES string of the molecule is COc1ccc(NC(C)=O)c(NC(=O)CSc2nnc(N)s2)c1. The normalized spacial score (nSPS) is 10.2. The van der Waals surface area contributed by atoms with E-state index in [-0.39, 0.29) is 17.6 Å². The minimum atomic E-state index is -0.247. The standard InChI is InChI=1S/C13H15N5O3S2/c1-7(19)15-9-4-3-8(21-2)5-10(9)16-11(20)6-22-13-18-17-12(14)23-13/h3-5H,6H2,1-2H3,(H2,14,17)(H,15,19)(H,16,20). The van der Waals surface area contributed by atoms with Gasteiger partial charge in [0.05, 0.1) is 24.2 Å². The number of rotatable bonds is 6. The molecule has 2 rings (SSSR count). The Balaban J connectivity index is 2.04. The van der Waals surface area contributed by atoms with E-state index in [0.29, 0.717) is 26.6 Å². The maximum atomic E-state index is 12.1. The van der Waals surface area contributed by atoms with Crippen LogP contribution in [-0.2, 0) is 9.59 Å². The van der Waals surface area contributed by atoms with Crippen molar-refractivity contribution in [1.82, 2.24) is 10.2 Å². The molecule has 0 aliphatic rings. The van der Waals surface area contributed by atoms with Gasteiger partial charge in [-0.1, -0.05) is 23.1 Å². The molecule has 0 fully saturated rings. The summed E-state index contributed by atoms with van der Waals surface area (Å²) in [5.74, 6) is 0.234. The first-order valence-electron chi connectivity index (χ1n) is 6.45. The number of carbonyl (C=O) groups is 2. The summed E-state index contributed by atoms with van der Waals surface area (Å²) in [6, 6.07) is 4.99. The molecule has 10 heteroatoms. The van der Waals surface area contributed by atoms with Crippen molar-refractivity contribution < 1.29 is 14.3 Å². The molecular weight excluding hydrogens is 338 g/mol. The molecule has 0 radical (unpaired) electrons. The van der Waals surface area contributed by atoms with Gasteiger partial charge >= 0.3 is 0 Å². The number of thioether (sulfide) groups is 1. The van der Waals surface area contributed by atoms with Crippen molar-refractivity contribution in [3.05, 3.63) is 18.2 Å². The molecule has 0 unspecified atom stereocenters. The Labute approximate surface area is 140 Å². The summed E-state index contributed by atoms with van der Waals surface area (Å²) >= 11 is 2.45. The topological polar surface area (TPSA) is 119 Å². The first-order valence-corrected chi connectivity index (χ1v) is 8.25. The molecular formula is C13H15N5O3S2. The fourth-order valence-corrected chi connectivity index (χ4v) is 3.08. The second-order valence-corrected chi connectivity index (χ2v) is 6.57. The number of hydrogen-bond donors (Lipinski definition) is 3. The Morgan fingerprint density at radius 2 is 2.09 bits per heavy atom. The van der Waals surface area contributed by atoms with E-state index in [1.807, 2.05) is 0 Å². The molecule has 0 aliphatic heterocycles. The average Bonchev–Trinajstić information content (AvgIpc) is 2.92. The number of carbonyl (C=O) groups excluding carboxylic acids is 2. The fourth-order valence-electron chi connectivity index (χ4n) is 1.64. The van der Waals surface area contributed by atoms with Gasteiger partial charge in [-0.25, -0.2) is 0 Å². The molecule has 23 heavy (non-hydrogen) atoms. The number of benzene rings is 1. The molecule has 2 amide bonds. The predicted octanol–water partition coefficient (Wildman–Crippen LogP) is 1.82. The molecule has 0 atom stereocenters. The van der Waals surface area contributed by atoms with Gasteiger partial charge in [-0.05, 0) is 12.1 Å². The first-order chi connectivity index (χ1) is 11.0. The van der Waals surface area contributed by atoms with Crippen LogP contribution in [0.5, 0.6) is 5.75 Å². The molecule has 0 bridgehead atoms. The minimum absolute atomic E-state index is 0.144. The van der Waals surface area contributed by atoms with Gasteiger partial charge in [-0.15, -0.1) is 10.2 Å². The Morgan fingerprint density at radius 1 is 1.30 bits per heavy atom. The fraction of sp³-hybridized carbons (Fsp3) is 0.231. The third-order valence-corrected chi connectivity index (χ3v) is 4.45. The lowest BCUT2D eigenvalue weighted by Gasteiger charge is -2.12. The monoisotopic (exact) mass is 353 g/mol. The predicted molar refractivity (Wildman–Crippen MR) is 91.0 cm³/mol. The van der Waals surface area contributed by atoms with Crippen molar-refractivity contribution in [2.24, 2.45) is 0 Å². The largest absolute Gasteiger partial charge is 0.497 e. The van der Waals surface area contributed by atoms with Gasteiger partial charge in [0.2, 0.25) is 16.9 Å². The van der Waals surface area contributed by atoms with Gasteiger partial charge in [-0.3, -0.25) is 9.59 Å². The lowest BCUT2D eigenvalue weighted by molar-refractivity contribution is -0.115. The van der Waals surface area contributed by atoms with Gasteiger partial charge in [0.25, 0.3) is 0 Å². The van der Waals surface area contributed by atoms with Crippen molar-refractivity contribution in [3.8, 4) is 5.75 Å². The number of nitrogens with two attached hydrogens (primary N) is 1. The number of nitrogens with zero attached hydrogens (tertiary/aromatic N) is 2. The highest BCUT2D eigenvalue weighted by molar-refractivity contribution is 8.01. The van der Waals surface area contributed by atoms with Crippen LogP contribution in [0.2, 0.25) is 0 Å². The lowest BCUT2D eigenvalue weighted by Crippen LogP contribution is -2.16. The second-order valence-electron chi connectivity index (χ2n) is 4.34. The number of nitrogen functional groups attached to an aromatic ring is 1. The Kier molecular flexibility index (Phi) is 5.77. The summed E-state index contributed by atoms with van der Waals surface area (Å²) in [5, 5.41) is 13.3. The van der Waals surface area contributed by atoms with E-state index in [1.165, 1.54) is 37.1 Å². The Morgan fingerprint density at radius 3 is 2.70 bits per heavy atom. The summed E-state index contributed by atoms with van der Waals surface area (Å²) in [5.41, 5.74) is 6.44. The minimum Gasteiger partial charge on any atom is -0.497 e. The Bertz CT molecular complexity index is 719. The van der Waals surface area contributed by atoms with E-state index in [0.717, 1.165) is 0 Å². The number of hydrogen-bond acceptors (Lipinski definition) is 8. The number of anilines is 3. The number of amides is 2.